The molecule has 6 heteroatoms. The topological polar surface area (TPSA) is 54.0 Å². The number of nitrogens with zero attached hydrogens (tertiary/aromatic N) is 1. The summed E-state index contributed by atoms with van der Waals surface area (Å²) in [5, 5.41) is 5.84. The molecule has 94 valence electrons. The average molecular weight is 260 g/mol. The third-order valence-electron chi connectivity index (χ3n) is 2.83. The Labute approximate surface area is 105 Å². The predicted molar refractivity (Wildman–Crippen MR) is 65.6 cm³/mol. The summed E-state index contributed by atoms with van der Waals surface area (Å²) in [5.41, 5.74) is 0. The Morgan fingerprint density at radius 2 is 2.29 bits per heavy atom. The first kappa shape index (κ1) is 13.9. The molecule has 0 unspecified atom stereocenters. The number of carbonyl (C=O) groups is 1. The Kier molecular flexibility index (Phi) is 4.84. The van der Waals surface area contributed by atoms with E-state index in [2.05, 4.69) is 15.6 Å². The number of carbonyl (C=O) groups excluding carboxylic acids is 1. The van der Waals surface area contributed by atoms with Crippen LogP contribution in [0.25, 0.3) is 0 Å². The van der Waals surface area contributed by atoms with Gasteiger partial charge in [0, 0.05) is 6.54 Å². The van der Waals surface area contributed by atoms with Crippen molar-refractivity contribution >= 4 is 24.1 Å². The molecule has 2 atom stereocenters. The molecular weight excluding hydrogens is 245 g/mol. The zero-order valence-corrected chi connectivity index (χ0v) is 10.3. The molecular formula is C11H15ClFN3O. The van der Waals surface area contributed by atoms with Gasteiger partial charge >= 0.3 is 0 Å². The Bertz CT molecular complexity index is 385. The first-order chi connectivity index (χ1) is 7.66. The molecule has 1 aromatic heterocycles. The van der Waals surface area contributed by atoms with E-state index in [4.69, 9.17) is 0 Å². The largest absolute Gasteiger partial charge is 0.316 e. The van der Waals surface area contributed by atoms with E-state index in [9.17, 15) is 9.18 Å². The van der Waals surface area contributed by atoms with Crippen molar-refractivity contribution in [3.8, 4) is 0 Å². The van der Waals surface area contributed by atoms with E-state index in [1.807, 2.05) is 6.92 Å². The number of rotatable bonds is 2. The molecule has 0 spiro atoms. The first-order valence-electron chi connectivity index (χ1n) is 5.30. The lowest BCUT2D eigenvalue weighted by molar-refractivity contribution is -0.120. The maximum Gasteiger partial charge on any atom is 0.230 e. The van der Waals surface area contributed by atoms with Crippen molar-refractivity contribution < 1.29 is 9.18 Å². The van der Waals surface area contributed by atoms with E-state index in [1.54, 1.807) is 0 Å². The van der Waals surface area contributed by atoms with Gasteiger partial charge in [-0.25, -0.2) is 9.37 Å². The van der Waals surface area contributed by atoms with Crippen LogP contribution < -0.4 is 10.6 Å². The quantitative estimate of drug-likeness (QED) is 0.845. The van der Waals surface area contributed by atoms with Gasteiger partial charge in [0.1, 0.15) is 11.6 Å². The highest BCUT2D eigenvalue weighted by atomic mass is 35.5. The smallest absolute Gasteiger partial charge is 0.230 e. The van der Waals surface area contributed by atoms with Gasteiger partial charge in [-0.15, -0.1) is 12.4 Å². The monoisotopic (exact) mass is 259 g/mol. The minimum Gasteiger partial charge on any atom is -0.316 e. The maximum absolute atomic E-state index is 12.6. The van der Waals surface area contributed by atoms with E-state index >= 15 is 0 Å². The lowest BCUT2D eigenvalue weighted by Crippen LogP contribution is -2.28. The molecule has 1 amide bonds. The summed E-state index contributed by atoms with van der Waals surface area (Å²) < 4.78 is 12.6. The second kappa shape index (κ2) is 5.93. The highest BCUT2D eigenvalue weighted by Crippen LogP contribution is 2.17. The van der Waals surface area contributed by atoms with Gasteiger partial charge in [-0.2, -0.15) is 0 Å². The Balaban J connectivity index is 0.00000144. The van der Waals surface area contributed by atoms with Crippen LogP contribution in [0.3, 0.4) is 0 Å². The summed E-state index contributed by atoms with van der Waals surface area (Å²) in [6.45, 7) is 3.57. The van der Waals surface area contributed by atoms with Crippen LogP contribution in [0, 0.1) is 17.7 Å². The number of anilines is 1. The van der Waals surface area contributed by atoms with Gasteiger partial charge < -0.3 is 10.6 Å². The molecule has 1 saturated heterocycles. The van der Waals surface area contributed by atoms with Crippen molar-refractivity contribution in [3.63, 3.8) is 0 Å². The highest BCUT2D eigenvalue weighted by molar-refractivity contribution is 5.92. The summed E-state index contributed by atoms with van der Waals surface area (Å²) in [5.74, 6) is 0.211. The van der Waals surface area contributed by atoms with Crippen molar-refractivity contribution in [1.29, 1.82) is 0 Å². The molecule has 0 radical (unpaired) electrons. The van der Waals surface area contributed by atoms with E-state index in [0.29, 0.717) is 18.3 Å². The molecule has 0 bridgehead atoms. The Morgan fingerprint density at radius 1 is 1.53 bits per heavy atom. The molecule has 2 heterocycles. The average Bonchev–Trinajstić information content (AvgIpc) is 2.68. The molecule has 2 rings (SSSR count). The van der Waals surface area contributed by atoms with Crippen LogP contribution in [0.4, 0.5) is 10.2 Å². The van der Waals surface area contributed by atoms with Crippen LogP contribution in [0.5, 0.6) is 0 Å². The molecule has 1 aliphatic heterocycles. The fourth-order valence-corrected chi connectivity index (χ4v) is 1.83. The summed E-state index contributed by atoms with van der Waals surface area (Å²) >= 11 is 0. The van der Waals surface area contributed by atoms with Crippen LogP contribution in [-0.4, -0.2) is 24.0 Å². The molecule has 17 heavy (non-hydrogen) atoms. The highest BCUT2D eigenvalue weighted by Gasteiger charge is 2.29. The SMILES string of the molecule is C[C@@H]1CNC[C@H]1C(=O)Nc1ccc(F)cn1.Cl. The number of halogens is 2. The summed E-state index contributed by atoms with van der Waals surface area (Å²) in [6, 6.07) is 2.74. The number of pyridine rings is 1. The van der Waals surface area contributed by atoms with Gasteiger partial charge in [0.25, 0.3) is 0 Å². The zero-order chi connectivity index (χ0) is 11.5. The van der Waals surface area contributed by atoms with E-state index < -0.39 is 5.82 Å². The fourth-order valence-electron chi connectivity index (χ4n) is 1.83. The number of nitrogens with one attached hydrogen (secondary N) is 2. The number of hydrogen-bond acceptors (Lipinski definition) is 3. The van der Waals surface area contributed by atoms with Crippen molar-refractivity contribution in [2.45, 2.75) is 6.92 Å². The second-order valence-corrected chi connectivity index (χ2v) is 4.09. The molecule has 1 fully saturated rings. The van der Waals surface area contributed by atoms with Crippen LogP contribution in [-0.2, 0) is 4.79 Å². The van der Waals surface area contributed by atoms with Crippen LogP contribution >= 0.6 is 12.4 Å². The summed E-state index contributed by atoms with van der Waals surface area (Å²) in [6.07, 6.45) is 1.09. The number of hydrogen-bond donors (Lipinski definition) is 2. The minimum absolute atomic E-state index is 0. The number of amides is 1. The number of aromatic nitrogens is 1. The third kappa shape index (κ3) is 3.38. The summed E-state index contributed by atoms with van der Waals surface area (Å²) in [4.78, 5) is 15.6. The van der Waals surface area contributed by atoms with Crippen LogP contribution in [0.1, 0.15) is 6.92 Å². The van der Waals surface area contributed by atoms with E-state index in [0.717, 1.165) is 12.7 Å². The molecule has 1 aliphatic rings. The lowest BCUT2D eigenvalue weighted by atomic mass is 9.97. The van der Waals surface area contributed by atoms with Crippen molar-refractivity contribution in [3.05, 3.63) is 24.1 Å². The molecule has 1 aromatic rings. The molecule has 4 nitrogen and oxygen atoms in total. The van der Waals surface area contributed by atoms with Gasteiger partial charge in [0.2, 0.25) is 5.91 Å². The Morgan fingerprint density at radius 3 is 2.82 bits per heavy atom. The lowest BCUT2D eigenvalue weighted by Gasteiger charge is -2.13. The molecule has 0 saturated carbocycles. The van der Waals surface area contributed by atoms with Gasteiger partial charge in [-0.3, -0.25) is 4.79 Å². The van der Waals surface area contributed by atoms with E-state index in [1.165, 1.54) is 12.1 Å². The minimum atomic E-state index is -0.408. The standard InChI is InChI=1S/C11H14FN3O.ClH/c1-7-4-13-6-9(7)11(16)15-10-3-2-8(12)5-14-10;/h2-3,5,7,9,13H,4,6H2,1H3,(H,14,15,16);1H/t7-,9-;/m1./s1. The summed E-state index contributed by atoms with van der Waals surface area (Å²) in [7, 11) is 0. The van der Waals surface area contributed by atoms with Crippen molar-refractivity contribution in [1.82, 2.24) is 10.3 Å². The van der Waals surface area contributed by atoms with Gasteiger partial charge in [-0.05, 0) is 24.6 Å². The van der Waals surface area contributed by atoms with E-state index in [-0.39, 0.29) is 24.2 Å². The molecule has 0 aromatic carbocycles. The van der Waals surface area contributed by atoms with Gasteiger partial charge in [-0.1, -0.05) is 6.92 Å². The predicted octanol–water partition coefficient (Wildman–Crippen LogP) is 1.44. The van der Waals surface area contributed by atoms with Crippen LogP contribution in [0.2, 0.25) is 0 Å². The zero-order valence-electron chi connectivity index (χ0n) is 9.44. The third-order valence-corrected chi connectivity index (χ3v) is 2.83. The van der Waals surface area contributed by atoms with Crippen LogP contribution in [0.15, 0.2) is 18.3 Å². The molecule has 0 aliphatic carbocycles. The second-order valence-electron chi connectivity index (χ2n) is 4.09. The van der Waals surface area contributed by atoms with Crippen molar-refractivity contribution in [2.24, 2.45) is 11.8 Å². The van der Waals surface area contributed by atoms with Gasteiger partial charge in [0.05, 0.1) is 12.1 Å². The Hall–Kier alpha value is -1.20. The first-order valence-corrected chi connectivity index (χ1v) is 5.30. The fraction of sp³-hybridized carbons (Fsp3) is 0.455. The normalized spacial score (nSPS) is 22.9. The maximum atomic E-state index is 12.6. The molecule has 2 N–H and O–H groups in total. The van der Waals surface area contributed by atoms with Gasteiger partial charge in [0.15, 0.2) is 0 Å². The van der Waals surface area contributed by atoms with Crippen molar-refractivity contribution in [2.75, 3.05) is 18.4 Å².